The topological polar surface area (TPSA) is 60.5 Å². The lowest BCUT2D eigenvalue weighted by atomic mass is 10.3. The molecule has 1 N–H and O–H groups in total. The summed E-state index contributed by atoms with van der Waals surface area (Å²) in [5.74, 6) is 0.441. The zero-order valence-corrected chi connectivity index (χ0v) is 13.1. The van der Waals surface area contributed by atoms with Crippen LogP contribution in [0.3, 0.4) is 0 Å². The van der Waals surface area contributed by atoms with Gasteiger partial charge in [0.15, 0.2) is 10.8 Å². The maximum atomic E-state index is 11.7. The fourth-order valence-corrected chi connectivity index (χ4v) is 2.58. The minimum absolute atomic E-state index is 0.345. The summed E-state index contributed by atoms with van der Waals surface area (Å²) in [6, 6.07) is 7.59. The Labute approximate surface area is 127 Å². The summed E-state index contributed by atoms with van der Waals surface area (Å²) in [5.41, 5.74) is 1.26. The number of carbonyl (C=O) groups excluding carboxylic acids is 1. The van der Waals surface area contributed by atoms with Crippen LogP contribution in [0.4, 0.5) is 10.8 Å². The van der Waals surface area contributed by atoms with E-state index in [2.05, 4.69) is 10.3 Å². The van der Waals surface area contributed by atoms with Crippen molar-refractivity contribution in [3.63, 3.8) is 0 Å². The van der Waals surface area contributed by atoms with Crippen molar-refractivity contribution in [2.45, 2.75) is 20.8 Å². The number of hydrogen-bond donors (Lipinski definition) is 1. The predicted octanol–water partition coefficient (Wildman–Crippen LogP) is 3.77. The molecule has 0 amide bonds. The van der Waals surface area contributed by atoms with E-state index in [4.69, 9.17) is 9.47 Å². The Morgan fingerprint density at radius 3 is 2.57 bits per heavy atom. The molecule has 0 aliphatic rings. The molecule has 2 rings (SSSR count). The minimum atomic E-state index is -0.383. The average Bonchev–Trinajstić information content (AvgIpc) is 2.82. The zero-order chi connectivity index (χ0) is 15.2. The van der Waals surface area contributed by atoms with E-state index < -0.39 is 0 Å². The molecule has 5 nitrogen and oxygen atoms in total. The van der Waals surface area contributed by atoms with E-state index in [1.165, 1.54) is 11.3 Å². The number of nitrogens with zero attached hydrogens (tertiary/aromatic N) is 1. The number of thiazole rings is 1. The Bertz CT molecular complexity index is 608. The molecular formula is C15H18N2O3S. The van der Waals surface area contributed by atoms with Gasteiger partial charge in [-0.15, -0.1) is 11.3 Å². The van der Waals surface area contributed by atoms with Gasteiger partial charge < -0.3 is 14.8 Å². The van der Waals surface area contributed by atoms with Gasteiger partial charge in [0, 0.05) is 10.6 Å². The SMILES string of the molecule is CCOC(=O)c1nc(Nc2ccc(OCC)cc2)sc1C. The summed E-state index contributed by atoms with van der Waals surface area (Å²) in [6.45, 7) is 6.56. The number of aryl methyl sites for hydroxylation is 1. The molecular weight excluding hydrogens is 288 g/mol. The standard InChI is InChI=1S/C15H18N2O3S/c1-4-19-12-8-6-11(7-9-12)16-15-17-13(10(3)21-15)14(18)20-5-2/h6-9H,4-5H2,1-3H3,(H,16,17). The molecule has 6 heteroatoms. The maximum absolute atomic E-state index is 11.7. The Kier molecular flexibility index (Phi) is 5.16. The molecule has 2 aromatic rings. The Morgan fingerprint density at radius 2 is 1.95 bits per heavy atom. The van der Waals surface area contributed by atoms with E-state index in [0.29, 0.717) is 24.0 Å². The maximum Gasteiger partial charge on any atom is 0.358 e. The lowest BCUT2D eigenvalue weighted by Crippen LogP contribution is -2.06. The van der Waals surface area contributed by atoms with Crippen LogP contribution in [0.15, 0.2) is 24.3 Å². The molecule has 0 bridgehead atoms. The number of esters is 1. The highest BCUT2D eigenvalue weighted by Crippen LogP contribution is 2.26. The first-order chi connectivity index (χ1) is 10.1. The highest BCUT2D eigenvalue weighted by atomic mass is 32.1. The molecule has 0 spiro atoms. The van der Waals surface area contributed by atoms with Crippen LogP contribution in [0.5, 0.6) is 5.75 Å². The monoisotopic (exact) mass is 306 g/mol. The molecule has 1 aromatic carbocycles. The summed E-state index contributed by atoms with van der Waals surface area (Å²) >= 11 is 1.42. The van der Waals surface area contributed by atoms with Crippen molar-refractivity contribution < 1.29 is 14.3 Å². The normalized spacial score (nSPS) is 10.2. The van der Waals surface area contributed by atoms with Crippen LogP contribution in [-0.2, 0) is 4.74 Å². The summed E-state index contributed by atoms with van der Waals surface area (Å²) in [7, 11) is 0. The number of nitrogens with one attached hydrogen (secondary N) is 1. The first kappa shape index (κ1) is 15.3. The van der Waals surface area contributed by atoms with E-state index >= 15 is 0 Å². The molecule has 112 valence electrons. The van der Waals surface area contributed by atoms with Crippen molar-refractivity contribution in [1.82, 2.24) is 4.98 Å². The van der Waals surface area contributed by atoms with Crippen molar-refractivity contribution in [3.8, 4) is 5.75 Å². The average molecular weight is 306 g/mol. The van der Waals surface area contributed by atoms with Gasteiger partial charge in [-0.1, -0.05) is 0 Å². The van der Waals surface area contributed by atoms with Crippen molar-refractivity contribution in [3.05, 3.63) is 34.8 Å². The number of anilines is 2. The lowest BCUT2D eigenvalue weighted by Gasteiger charge is -2.05. The van der Waals surface area contributed by atoms with Crippen LogP contribution >= 0.6 is 11.3 Å². The van der Waals surface area contributed by atoms with Crippen LogP contribution in [0.2, 0.25) is 0 Å². The smallest absolute Gasteiger partial charge is 0.358 e. The van der Waals surface area contributed by atoms with Crippen LogP contribution in [0.25, 0.3) is 0 Å². The lowest BCUT2D eigenvalue weighted by molar-refractivity contribution is 0.0519. The number of rotatable bonds is 6. The van der Waals surface area contributed by atoms with Gasteiger partial charge in [0.05, 0.1) is 13.2 Å². The van der Waals surface area contributed by atoms with Crippen LogP contribution < -0.4 is 10.1 Å². The van der Waals surface area contributed by atoms with Crippen LogP contribution in [0.1, 0.15) is 29.2 Å². The number of hydrogen-bond acceptors (Lipinski definition) is 6. The second-order valence-electron chi connectivity index (χ2n) is 4.23. The molecule has 0 atom stereocenters. The van der Waals surface area contributed by atoms with Crippen molar-refractivity contribution in [1.29, 1.82) is 0 Å². The highest BCUT2D eigenvalue weighted by molar-refractivity contribution is 7.15. The zero-order valence-electron chi connectivity index (χ0n) is 12.3. The second-order valence-corrected chi connectivity index (χ2v) is 5.43. The minimum Gasteiger partial charge on any atom is -0.494 e. The Morgan fingerprint density at radius 1 is 1.24 bits per heavy atom. The van der Waals surface area contributed by atoms with Gasteiger partial charge in [0.1, 0.15) is 5.75 Å². The van der Waals surface area contributed by atoms with Gasteiger partial charge in [0.25, 0.3) is 0 Å². The summed E-state index contributed by atoms with van der Waals surface area (Å²) in [5, 5.41) is 3.84. The van der Waals surface area contributed by atoms with Gasteiger partial charge >= 0.3 is 5.97 Å². The fraction of sp³-hybridized carbons (Fsp3) is 0.333. The molecule has 0 unspecified atom stereocenters. The van der Waals surface area contributed by atoms with Gasteiger partial charge in [-0.25, -0.2) is 9.78 Å². The molecule has 0 fully saturated rings. The van der Waals surface area contributed by atoms with Gasteiger partial charge in [0.2, 0.25) is 0 Å². The Balaban J connectivity index is 2.09. The molecule has 1 aromatic heterocycles. The van der Waals surface area contributed by atoms with E-state index in [0.717, 1.165) is 16.3 Å². The fourth-order valence-electron chi connectivity index (χ4n) is 1.76. The molecule has 0 saturated carbocycles. The Hall–Kier alpha value is -2.08. The number of aromatic nitrogens is 1. The van der Waals surface area contributed by atoms with Crippen LogP contribution in [-0.4, -0.2) is 24.2 Å². The van der Waals surface area contributed by atoms with E-state index in [-0.39, 0.29) is 5.97 Å². The largest absolute Gasteiger partial charge is 0.494 e. The number of benzene rings is 1. The third kappa shape index (κ3) is 3.95. The van der Waals surface area contributed by atoms with Crippen molar-refractivity contribution in [2.24, 2.45) is 0 Å². The molecule has 0 radical (unpaired) electrons. The molecule has 0 aliphatic carbocycles. The molecule has 1 heterocycles. The second kappa shape index (κ2) is 7.08. The summed E-state index contributed by atoms with van der Waals surface area (Å²) in [6.07, 6.45) is 0. The van der Waals surface area contributed by atoms with Gasteiger partial charge in [-0.05, 0) is 45.0 Å². The quantitative estimate of drug-likeness (QED) is 0.823. The van der Waals surface area contributed by atoms with E-state index in [1.807, 2.05) is 38.1 Å². The third-order valence-corrected chi connectivity index (χ3v) is 3.57. The number of ether oxygens (including phenoxy) is 2. The number of carbonyl (C=O) groups is 1. The van der Waals surface area contributed by atoms with Crippen molar-refractivity contribution >= 4 is 28.1 Å². The van der Waals surface area contributed by atoms with E-state index in [9.17, 15) is 4.79 Å². The third-order valence-electron chi connectivity index (χ3n) is 2.68. The van der Waals surface area contributed by atoms with Gasteiger partial charge in [-0.2, -0.15) is 0 Å². The molecule has 0 saturated heterocycles. The molecule has 0 aliphatic heterocycles. The highest BCUT2D eigenvalue weighted by Gasteiger charge is 2.16. The van der Waals surface area contributed by atoms with Crippen LogP contribution in [0, 0.1) is 6.92 Å². The van der Waals surface area contributed by atoms with Gasteiger partial charge in [-0.3, -0.25) is 0 Å². The van der Waals surface area contributed by atoms with E-state index in [1.54, 1.807) is 6.92 Å². The first-order valence-corrected chi connectivity index (χ1v) is 7.60. The first-order valence-electron chi connectivity index (χ1n) is 6.78. The molecule has 21 heavy (non-hydrogen) atoms. The summed E-state index contributed by atoms with van der Waals surface area (Å²) in [4.78, 5) is 16.8. The van der Waals surface area contributed by atoms with Crippen molar-refractivity contribution in [2.75, 3.05) is 18.5 Å². The summed E-state index contributed by atoms with van der Waals surface area (Å²) < 4.78 is 10.4. The predicted molar refractivity (Wildman–Crippen MR) is 83.7 cm³/mol.